The fourth-order valence-corrected chi connectivity index (χ4v) is 2.69. The highest BCUT2D eigenvalue weighted by atomic mass is 35.5. The van der Waals surface area contributed by atoms with E-state index in [-0.39, 0.29) is 0 Å². The number of benzene rings is 1. The number of carboxylic acids is 1. The van der Waals surface area contributed by atoms with Crippen molar-refractivity contribution in [3.05, 3.63) is 45.8 Å². The van der Waals surface area contributed by atoms with Gasteiger partial charge < -0.3 is 5.11 Å². The molecule has 1 N–H and O–H groups in total. The summed E-state index contributed by atoms with van der Waals surface area (Å²) in [6.07, 6.45) is 0. The number of halogens is 1. The van der Waals surface area contributed by atoms with Gasteiger partial charge in [-0.1, -0.05) is 17.7 Å². The van der Waals surface area contributed by atoms with Crippen molar-refractivity contribution in [2.45, 2.75) is 6.92 Å². The van der Waals surface area contributed by atoms with Gasteiger partial charge in [0.25, 0.3) is 0 Å². The lowest BCUT2D eigenvalue weighted by Gasteiger charge is -2.03. The maximum Gasteiger partial charge on any atom is 0.335 e. The van der Waals surface area contributed by atoms with Crippen molar-refractivity contribution >= 4 is 28.9 Å². The third-order valence-electron chi connectivity index (χ3n) is 2.20. The quantitative estimate of drug-likeness (QED) is 0.875. The number of aromatic carboxylic acids is 1. The fourth-order valence-electron chi connectivity index (χ4n) is 1.54. The molecular formula is C12H9ClO2S. The standard InChI is InChI=1S/C12H9ClO2S/c1-7-4-8(6-9(5-7)12(14)15)11-10(13)2-3-16-11/h2-6H,1H3,(H,14,15). The van der Waals surface area contributed by atoms with Crippen molar-refractivity contribution in [1.29, 1.82) is 0 Å². The van der Waals surface area contributed by atoms with Gasteiger partial charge in [-0.2, -0.15) is 0 Å². The number of hydrogen-bond donors (Lipinski definition) is 1. The first kappa shape index (κ1) is 11.2. The van der Waals surface area contributed by atoms with E-state index in [4.69, 9.17) is 16.7 Å². The molecule has 1 heterocycles. The van der Waals surface area contributed by atoms with Crippen molar-refractivity contribution in [3.8, 4) is 10.4 Å². The molecule has 0 amide bonds. The van der Waals surface area contributed by atoms with E-state index in [1.807, 2.05) is 24.4 Å². The van der Waals surface area contributed by atoms with Gasteiger partial charge in [0.15, 0.2) is 0 Å². The van der Waals surface area contributed by atoms with E-state index in [0.717, 1.165) is 16.0 Å². The Balaban J connectivity index is 2.58. The van der Waals surface area contributed by atoms with Crippen molar-refractivity contribution < 1.29 is 9.90 Å². The molecule has 0 atom stereocenters. The minimum absolute atomic E-state index is 0.291. The van der Waals surface area contributed by atoms with Crippen LogP contribution in [0.25, 0.3) is 10.4 Å². The summed E-state index contributed by atoms with van der Waals surface area (Å²) in [6.45, 7) is 1.87. The fraction of sp³-hybridized carbons (Fsp3) is 0.0833. The Labute approximate surface area is 102 Å². The van der Waals surface area contributed by atoms with E-state index < -0.39 is 5.97 Å². The average molecular weight is 253 g/mol. The molecule has 0 radical (unpaired) electrons. The average Bonchev–Trinajstić information content (AvgIpc) is 2.63. The molecule has 0 bridgehead atoms. The molecule has 1 aromatic carbocycles. The molecule has 1 aromatic heterocycles. The van der Waals surface area contributed by atoms with Crippen molar-refractivity contribution in [1.82, 2.24) is 0 Å². The molecule has 2 rings (SSSR count). The highest BCUT2D eigenvalue weighted by Crippen LogP contribution is 2.34. The molecule has 2 aromatic rings. The topological polar surface area (TPSA) is 37.3 Å². The summed E-state index contributed by atoms with van der Waals surface area (Å²) in [6, 6.07) is 7.04. The minimum atomic E-state index is -0.919. The Kier molecular flexibility index (Phi) is 2.99. The van der Waals surface area contributed by atoms with Gasteiger partial charge in [0.05, 0.1) is 15.5 Å². The Morgan fingerprint density at radius 2 is 2.12 bits per heavy atom. The molecule has 0 spiro atoms. The summed E-state index contributed by atoms with van der Waals surface area (Å²) in [5.41, 5.74) is 2.07. The summed E-state index contributed by atoms with van der Waals surface area (Å²) in [4.78, 5) is 11.8. The van der Waals surface area contributed by atoms with E-state index in [2.05, 4.69) is 0 Å². The molecular weight excluding hydrogens is 244 g/mol. The second-order valence-corrected chi connectivity index (χ2v) is 4.81. The number of rotatable bonds is 2. The smallest absolute Gasteiger partial charge is 0.335 e. The molecule has 82 valence electrons. The maximum atomic E-state index is 10.9. The van der Waals surface area contributed by atoms with Crippen LogP contribution < -0.4 is 0 Å². The molecule has 0 aliphatic carbocycles. The van der Waals surface area contributed by atoms with Crippen molar-refractivity contribution in [3.63, 3.8) is 0 Å². The van der Waals surface area contributed by atoms with Crippen LogP contribution in [-0.4, -0.2) is 11.1 Å². The third kappa shape index (κ3) is 2.10. The number of aryl methyl sites for hydroxylation is 1. The summed E-state index contributed by atoms with van der Waals surface area (Å²) in [5.74, 6) is -0.919. The normalized spacial score (nSPS) is 10.4. The molecule has 0 saturated carbocycles. The summed E-state index contributed by atoms with van der Waals surface area (Å²) in [5, 5.41) is 11.5. The predicted molar refractivity (Wildman–Crippen MR) is 66.5 cm³/mol. The number of carboxylic acid groups (broad SMARTS) is 1. The van der Waals surface area contributed by atoms with Crippen LogP contribution in [0.1, 0.15) is 15.9 Å². The Hall–Kier alpha value is -1.32. The van der Waals surface area contributed by atoms with Crippen molar-refractivity contribution in [2.75, 3.05) is 0 Å². The highest BCUT2D eigenvalue weighted by molar-refractivity contribution is 7.14. The zero-order valence-corrected chi connectivity index (χ0v) is 10.1. The number of thiophene rings is 1. The van der Waals surface area contributed by atoms with E-state index in [1.165, 1.54) is 11.3 Å². The molecule has 0 aliphatic heterocycles. The van der Waals surface area contributed by atoms with Crippen LogP contribution >= 0.6 is 22.9 Å². The van der Waals surface area contributed by atoms with E-state index in [1.54, 1.807) is 12.1 Å². The Morgan fingerprint density at radius 1 is 1.38 bits per heavy atom. The zero-order chi connectivity index (χ0) is 11.7. The lowest BCUT2D eigenvalue weighted by molar-refractivity contribution is 0.0697. The maximum absolute atomic E-state index is 10.9. The van der Waals surface area contributed by atoms with Crippen LogP contribution in [0.4, 0.5) is 0 Å². The lowest BCUT2D eigenvalue weighted by Crippen LogP contribution is -1.96. The predicted octanol–water partition coefficient (Wildman–Crippen LogP) is 4.08. The second kappa shape index (κ2) is 4.28. The lowest BCUT2D eigenvalue weighted by atomic mass is 10.1. The SMILES string of the molecule is Cc1cc(C(=O)O)cc(-c2sccc2Cl)c1. The van der Waals surface area contributed by atoms with Gasteiger partial charge in [0.2, 0.25) is 0 Å². The minimum Gasteiger partial charge on any atom is -0.478 e. The first-order chi connectivity index (χ1) is 7.58. The number of hydrogen-bond acceptors (Lipinski definition) is 2. The van der Waals surface area contributed by atoms with Gasteiger partial charge in [0.1, 0.15) is 0 Å². The van der Waals surface area contributed by atoms with E-state index in [9.17, 15) is 4.79 Å². The third-order valence-corrected chi connectivity index (χ3v) is 3.59. The van der Waals surface area contributed by atoms with Gasteiger partial charge >= 0.3 is 5.97 Å². The number of carbonyl (C=O) groups is 1. The van der Waals surface area contributed by atoms with Gasteiger partial charge in [-0.15, -0.1) is 11.3 Å². The van der Waals surface area contributed by atoms with Gasteiger partial charge in [0, 0.05) is 0 Å². The molecule has 2 nitrogen and oxygen atoms in total. The van der Waals surface area contributed by atoms with Gasteiger partial charge in [-0.25, -0.2) is 4.79 Å². The van der Waals surface area contributed by atoms with Crippen LogP contribution in [0.15, 0.2) is 29.6 Å². The van der Waals surface area contributed by atoms with Crippen LogP contribution in [0, 0.1) is 6.92 Å². The summed E-state index contributed by atoms with van der Waals surface area (Å²) in [7, 11) is 0. The largest absolute Gasteiger partial charge is 0.478 e. The summed E-state index contributed by atoms with van der Waals surface area (Å²) < 4.78 is 0. The van der Waals surface area contributed by atoms with Crippen LogP contribution in [0.2, 0.25) is 5.02 Å². The second-order valence-electron chi connectivity index (χ2n) is 3.49. The molecule has 16 heavy (non-hydrogen) atoms. The Morgan fingerprint density at radius 3 is 2.69 bits per heavy atom. The van der Waals surface area contributed by atoms with Gasteiger partial charge in [-0.3, -0.25) is 0 Å². The van der Waals surface area contributed by atoms with Gasteiger partial charge in [-0.05, 0) is 41.6 Å². The molecule has 0 unspecified atom stereocenters. The monoisotopic (exact) mass is 252 g/mol. The van der Waals surface area contributed by atoms with Crippen LogP contribution in [0.5, 0.6) is 0 Å². The Bertz CT molecular complexity index is 546. The molecule has 0 saturated heterocycles. The molecule has 4 heteroatoms. The molecule has 0 fully saturated rings. The van der Waals surface area contributed by atoms with E-state index >= 15 is 0 Å². The van der Waals surface area contributed by atoms with Crippen LogP contribution in [-0.2, 0) is 0 Å². The zero-order valence-electron chi connectivity index (χ0n) is 8.53. The van der Waals surface area contributed by atoms with E-state index in [0.29, 0.717) is 10.6 Å². The summed E-state index contributed by atoms with van der Waals surface area (Å²) >= 11 is 7.53. The van der Waals surface area contributed by atoms with Crippen molar-refractivity contribution in [2.24, 2.45) is 0 Å². The molecule has 0 aliphatic rings. The highest BCUT2D eigenvalue weighted by Gasteiger charge is 2.10. The van der Waals surface area contributed by atoms with Crippen LogP contribution in [0.3, 0.4) is 0 Å². The first-order valence-electron chi connectivity index (χ1n) is 4.66. The first-order valence-corrected chi connectivity index (χ1v) is 5.92.